The van der Waals surface area contributed by atoms with Gasteiger partial charge in [0.25, 0.3) is 0 Å². The highest BCUT2D eigenvalue weighted by Gasteiger charge is 2.20. The summed E-state index contributed by atoms with van der Waals surface area (Å²) in [6, 6.07) is 15.3. The summed E-state index contributed by atoms with van der Waals surface area (Å²) in [6.07, 6.45) is 4.08. The predicted octanol–water partition coefficient (Wildman–Crippen LogP) is 4.92. The molecule has 1 aliphatic rings. The number of aryl methyl sites for hydroxylation is 1. The fourth-order valence-corrected chi connectivity index (χ4v) is 3.50. The number of halogens is 1. The zero-order chi connectivity index (χ0) is 14.1. The molecule has 0 amide bonds. The van der Waals surface area contributed by atoms with Crippen molar-refractivity contribution in [3.63, 3.8) is 0 Å². The van der Waals surface area contributed by atoms with Gasteiger partial charge in [0.05, 0.1) is 6.04 Å². The van der Waals surface area contributed by atoms with Crippen LogP contribution in [0.2, 0.25) is 0 Å². The van der Waals surface area contributed by atoms with E-state index in [4.69, 9.17) is 5.73 Å². The van der Waals surface area contributed by atoms with Gasteiger partial charge in [-0.2, -0.15) is 0 Å². The van der Waals surface area contributed by atoms with Crippen LogP contribution in [0.4, 0.5) is 0 Å². The Morgan fingerprint density at radius 2 is 1.80 bits per heavy atom. The summed E-state index contributed by atoms with van der Waals surface area (Å²) in [7, 11) is 0. The van der Waals surface area contributed by atoms with Crippen molar-refractivity contribution in [3.8, 4) is 0 Å². The van der Waals surface area contributed by atoms with Crippen LogP contribution in [0, 0.1) is 10.5 Å². The molecule has 20 heavy (non-hydrogen) atoms. The lowest BCUT2D eigenvalue weighted by molar-refractivity contribution is 0.419. The molecule has 2 aromatic rings. The van der Waals surface area contributed by atoms with Gasteiger partial charge in [-0.25, -0.2) is 0 Å². The maximum Gasteiger partial charge on any atom is 0.0562 e. The Morgan fingerprint density at radius 3 is 2.40 bits per heavy atom. The Hall–Kier alpha value is -0.870. The second kappa shape index (κ2) is 5.86. The van der Waals surface area contributed by atoms with Crippen LogP contribution in [0.1, 0.15) is 53.5 Å². The standard InChI is InChI=1S/C18H20IN/c1-12-4-2-7-16(17(12)19)18(20)15-10-8-14(9-11-15)13-5-3-6-13/h2,4,7-11,13,18H,3,5-6,20H2,1H3. The fraction of sp³-hybridized carbons (Fsp3) is 0.333. The first-order valence-electron chi connectivity index (χ1n) is 7.27. The summed E-state index contributed by atoms with van der Waals surface area (Å²) in [6.45, 7) is 2.14. The summed E-state index contributed by atoms with van der Waals surface area (Å²) >= 11 is 2.40. The van der Waals surface area contributed by atoms with Gasteiger partial charge in [-0.05, 0) is 70.5 Å². The Balaban J connectivity index is 1.86. The molecule has 1 atom stereocenters. The Kier molecular flexibility index (Phi) is 4.13. The first-order chi connectivity index (χ1) is 9.66. The van der Waals surface area contributed by atoms with Gasteiger partial charge < -0.3 is 5.73 Å². The van der Waals surface area contributed by atoms with Crippen LogP contribution in [-0.4, -0.2) is 0 Å². The zero-order valence-electron chi connectivity index (χ0n) is 11.8. The van der Waals surface area contributed by atoms with E-state index in [0.29, 0.717) is 0 Å². The maximum absolute atomic E-state index is 6.45. The minimum Gasteiger partial charge on any atom is -0.320 e. The second-order valence-corrected chi connectivity index (χ2v) is 6.83. The topological polar surface area (TPSA) is 26.0 Å². The zero-order valence-corrected chi connectivity index (χ0v) is 13.9. The van der Waals surface area contributed by atoms with Gasteiger partial charge in [0.2, 0.25) is 0 Å². The number of nitrogens with two attached hydrogens (primary N) is 1. The summed E-state index contributed by atoms with van der Waals surface area (Å²) in [5, 5.41) is 0. The lowest BCUT2D eigenvalue weighted by atomic mass is 9.79. The van der Waals surface area contributed by atoms with Gasteiger partial charge in [0, 0.05) is 3.57 Å². The van der Waals surface area contributed by atoms with E-state index < -0.39 is 0 Å². The Bertz CT molecular complexity index is 599. The minimum atomic E-state index is -0.0303. The van der Waals surface area contributed by atoms with Crippen molar-refractivity contribution in [2.45, 2.75) is 38.1 Å². The summed E-state index contributed by atoms with van der Waals surface area (Å²) < 4.78 is 1.28. The molecule has 1 fully saturated rings. The molecular weight excluding hydrogens is 357 g/mol. The average molecular weight is 377 g/mol. The molecule has 0 radical (unpaired) electrons. The SMILES string of the molecule is Cc1cccc(C(N)c2ccc(C3CCC3)cc2)c1I. The van der Waals surface area contributed by atoms with Crippen molar-refractivity contribution in [1.82, 2.24) is 0 Å². The van der Waals surface area contributed by atoms with E-state index in [1.54, 1.807) is 0 Å². The molecule has 2 heteroatoms. The van der Waals surface area contributed by atoms with Crippen molar-refractivity contribution < 1.29 is 0 Å². The van der Waals surface area contributed by atoms with Crippen LogP contribution in [-0.2, 0) is 0 Å². The average Bonchev–Trinajstić information content (AvgIpc) is 2.40. The van der Waals surface area contributed by atoms with Crippen molar-refractivity contribution in [2.75, 3.05) is 0 Å². The normalized spacial score (nSPS) is 16.8. The van der Waals surface area contributed by atoms with Gasteiger partial charge in [0.1, 0.15) is 0 Å². The quantitative estimate of drug-likeness (QED) is 0.756. The summed E-state index contributed by atoms with van der Waals surface area (Å²) in [5.74, 6) is 0.791. The van der Waals surface area contributed by atoms with Crippen molar-refractivity contribution in [2.24, 2.45) is 5.73 Å². The molecule has 0 bridgehead atoms. The van der Waals surface area contributed by atoms with E-state index in [-0.39, 0.29) is 6.04 Å². The molecule has 0 saturated heterocycles. The number of hydrogen-bond donors (Lipinski definition) is 1. The lowest BCUT2D eigenvalue weighted by Crippen LogP contribution is -2.14. The van der Waals surface area contributed by atoms with Gasteiger partial charge in [-0.3, -0.25) is 0 Å². The monoisotopic (exact) mass is 377 g/mol. The van der Waals surface area contributed by atoms with E-state index in [1.807, 2.05) is 0 Å². The van der Waals surface area contributed by atoms with E-state index in [0.717, 1.165) is 5.92 Å². The van der Waals surface area contributed by atoms with Gasteiger partial charge in [-0.1, -0.05) is 48.9 Å². The molecule has 2 N–H and O–H groups in total. The molecule has 1 unspecified atom stereocenters. The van der Waals surface area contributed by atoms with Gasteiger partial charge in [-0.15, -0.1) is 0 Å². The Morgan fingerprint density at radius 1 is 1.10 bits per heavy atom. The first kappa shape index (κ1) is 14.1. The smallest absolute Gasteiger partial charge is 0.0562 e. The van der Waals surface area contributed by atoms with Gasteiger partial charge in [0.15, 0.2) is 0 Å². The van der Waals surface area contributed by atoms with E-state index in [2.05, 4.69) is 72.0 Å². The lowest BCUT2D eigenvalue weighted by Gasteiger charge is -2.26. The molecule has 1 nitrogen and oxygen atoms in total. The largest absolute Gasteiger partial charge is 0.320 e. The van der Waals surface area contributed by atoms with Crippen LogP contribution in [0.5, 0.6) is 0 Å². The first-order valence-corrected chi connectivity index (χ1v) is 8.35. The molecule has 2 aromatic carbocycles. The predicted molar refractivity (Wildman–Crippen MR) is 93.0 cm³/mol. The Labute approximate surface area is 134 Å². The van der Waals surface area contributed by atoms with Crippen LogP contribution in [0.25, 0.3) is 0 Å². The third-order valence-electron chi connectivity index (χ3n) is 4.43. The van der Waals surface area contributed by atoms with Crippen molar-refractivity contribution >= 4 is 22.6 Å². The molecule has 0 heterocycles. The molecule has 1 aliphatic carbocycles. The van der Waals surface area contributed by atoms with Crippen LogP contribution >= 0.6 is 22.6 Å². The van der Waals surface area contributed by atoms with Crippen LogP contribution in [0.15, 0.2) is 42.5 Å². The summed E-state index contributed by atoms with van der Waals surface area (Å²) in [4.78, 5) is 0. The number of hydrogen-bond acceptors (Lipinski definition) is 1. The van der Waals surface area contributed by atoms with Gasteiger partial charge >= 0.3 is 0 Å². The highest BCUT2D eigenvalue weighted by atomic mass is 127. The molecular formula is C18H20IN. The molecule has 0 spiro atoms. The number of rotatable bonds is 3. The van der Waals surface area contributed by atoms with E-state index in [9.17, 15) is 0 Å². The van der Waals surface area contributed by atoms with Crippen LogP contribution < -0.4 is 5.73 Å². The molecule has 0 aromatic heterocycles. The second-order valence-electron chi connectivity index (χ2n) is 5.75. The molecule has 1 saturated carbocycles. The van der Waals surface area contributed by atoms with E-state index >= 15 is 0 Å². The highest BCUT2D eigenvalue weighted by molar-refractivity contribution is 14.1. The maximum atomic E-state index is 6.45. The number of benzene rings is 2. The molecule has 104 valence electrons. The van der Waals surface area contributed by atoms with E-state index in [1.165, 1.54) is 45.1 Å². The fourth-order valence-electron chi connectivity index (χ4n) is 2.81. The third-order valence-corrected chi connectivity index (χ3v) is 5.90. The highest BCUT2D eigenvalue weighted by Crippen LogP contribution is 2.36. The molecule has 0 aliphatic heterocycles. The third kappa shape index (κ3) is 2.63. The minimum absolute atomic E-state index is 0.0303. The van der Waals surface area contributed by atoms with Crippen molar-refractivity contribution in [1.29, 1.82) is 0 Å². The van der Waals surface area contributed by atoms with Crippen LogP contribution in [0.3, 0.4) is 0 Å². The summed E-state index contributed by atoms with van der Waals surface area (Å²) in [5.41, 5.74) is 11.7. The van der Waals surface area contributed by atoms with Crippen molar-refractivity contribution in [3.05, 3.63) is 68.3 Å². The molecule has 3 rings (SSSR count).